The normalized spacial score (nSPS) is 20.6. The number of hydrogen-bond acceptors (Lipinski definition) is 2. The third kappa shape index (κ3) is 1.57. The van der Waals surface area contributed by atoms with Crippen molar-refractivity contribution in [3.05, 3.63) is 34.3 Å². The summed E-state index contributed by atoms with van der Waals surface area (Å²) in [6.45, 7) is 0.700. The Bertz CT molecular complexity index is 320. The molecule has 2 rings (SSSR count). The molecule has 1 N–H and O–H groups in total. The molecule has 1 heterocycles. The molecule has 1 aromatic carbocycles. The maximum Gasteiger partial charge on any atom is 0.123 e. The summed E-state index contributed by atoms with van der Waals surface area (Å²) in [6.07, 6.45) is 0.0410. The van der Waals surface area contributed by atoms with Crippen molar-refractivity contribution < 1.29 is 4.74 Å². The predicted molar refractivity (Wildman–Crippen MR) is 50.7 cm³/mol. The van der Waals surface area contributed by atoms with E-state index in [1.54, 1.807) is 0 Å². The zero-order valence-corrected chi connectivity index (χ0v) is 7.97. The molecule has 62 valence electrons. The average Bonchev–Trinajstić information content (AvgIpc) is 2.85. The van der Waals surface area contributed by atoms with Gasteiger partial charge in [-0.1, -0.05) is 28.1 Å². The number of halogens is 1. The van der Waals surface area contributed by atoms with Gasteiger partial charge in [-0.3, -0.25) is 0 Å². The third-order valence-electron chi connectivity index (χ3n) is 1.79. The molecule has 12 heavy (non-hydrogen) atoms. The molecule has 1 aliphatic heterocycles. The lowest BCUT2D eigenvalue weighted by atomic mass is 10.1. The smallest absolute Gasteiger partial charge is 0.123 e. The maximum atomic E-state index is 7.70. The highest BCUT2D eigenvalue weighted by atomic mass is 79.9. The molecule has 1 aromatic rings. The molecule has 0 saturated carbocycles. The fourth-order valence-electron chi connectivity index (χ4n) is 1.06. The van der Waals surface area contributed by atoms with Crippen molar-refractivity contribution in [2.45, 2.75) is 6.10 Å². The molecule has 0 amide bonds. The summed E-state index contributed by atoms with van der Waals surface area (Å²) < 4.78 is 6.03. The van der Waals surface area contributed by atoms with Gasteiger partial charge in [0, 0.05) is 4.47 Å². The molecule has 1 atom stereocenters. The van der Waals surface area contributed by atoms with Crippen LogP contribution in [0.4, 0.5) is 0 Å². The fourth-order valence-corrected chi connectivity index (χ4v) is 1.46. The Hall–Kier alpha value is -0.670. The van der Waals surface area contributed by atoms with E-state index in [1.165, 1.54) is 0 Å². The lowest BCUT2D eigenvalue weighted by molar-refractivity contribution is 0.449. The number of rotatable bonds is 2. The molecule has 0 aromatic heterocycles. The van der Waals surface area contributed by atoms with Crippen LogP contribution in [0.5, 0.6) is 0 Å². The molecule has 1 fully saturated rings. The lowest BCUT2D eigenvalue weighted by Gasteiger charge is -1.99. The van der Waals surface area contributed by atoms with Gasteiger partial charge in [0.15, 0.2) is 0 Å². The SMILES string of the molecule is N=C(c1cccc(Br)c1)C1CO1. The van der Waals surface area contributed by atoms with E-state index in [0.29, 0.717) is 12.3 Å². The van der Waals surface area contributed by atoms with Gasteiger partial charge in [0.25, 0.3) is 0 Å². The van der Waals surface area contributed by atoms with Crippen molar-refractivity contribution in [2.75, 3.05) is 6.61 Å². The zero-order chi connectivity index (χ0) is 8.55. The second kappa shape index (κ2) is 2.99. The summed E-state index contributed by atoms with van der Waals surface area (Å²) in [5.74, 6) is 0. The van der Waals surface area contributed by atoms with Crippen LogP contribution in [0.15, 0.2) is 28.7 Å². The van der Waals surface area contributed by atoms with Gasteiger partial charge < -0.3 is 10.1 Å². The zero-order valence-electron chi connectivity index (χ0n) is 6.38. The minimum atomic E-state index is 0.0410. The van der Waals surface area contributed by atoms with Crippen LogP contribution in [-0.2, 0) is 4.74 Å². The first-order valence-corrected chi connectivity index (χ1v) is 4.52. The lowest BCUT2D eigenvalue weighted by Crippen LogP contribution is -2.06. The fraction of sp³-hybridized carbons (Fsp3) is 0.222. The van der Waals surface area contributed by atoms with Crippen molar-refractivity contribution >= 4 is 21.6 Å². The molecule has 0 aliphatic carbocycles. The summed E-state index contributed by atoms with van der Waals surface area (Å²) in [4.78, 5) is 0. The van der Waals surface area contributed by atoms with E-state index in [0.717, 1.165) is 10.0 Å². The van der Waals surface area contributed by atoms with Gasteiger partial charge in [0.1, 0.15) is 6.10 Å². The maximum absolute atomic E-state index is 7.70. The molecule has 3 heteroatoms. The van der Waals surface area contributed by atoms with Gasteiger partial charge >= 0.3 is 0 Å². The minimum absolute atomic E-state index is 0.0410. The van der Waals surface area contributed by atoms with Crippen molar-refractivity contribution in [3.63, 3.8) is 0 Å². The first kappa shape index (κ1) is 7.95. The predicted octanol–water partition coefficient (Wildman–Crippen LogP) is 2.22. The standard InChI is InChI=1S/C9H8BrNO/c10-7-3-1-2-6(4-7)9(11)8-5-12-8/h1-4,8,11H,5H2. The van der Waals surface area contributed by atoms with E-state index in [1.807, 2.05) is 24.3 Å². The Morgan fingerprint density at radius 2 is 2.33 bits per heavy atom. The number of hydrogen-bond donors (Lipinski definition) is 1. The first-order chi connectivity index (χ1) is 5.77. The van der Waals surface area contributed by atoms with E-state index in [4.69, 9.17) is 10.1 Å². The van der Waals surface area contributed by atoms with Crippen LogP contribution in [-0.4, -0.2) is 18.4 Å². The molecular formula is C9H8BrNO. The molecule has 0 spiro atoms. The van der Waals surface area contributed by atoms with E-state index in [-0.39, 0.29) is 6.10 Å². The van der Waals surface area contributed by atoms with E-state index >= 15 is 0 Å². The van der Waals surface area contributed by atoms with Gasteiger partial charge in [-0.15, -0.1) is 0 Å². The van der Waals surface area contributed by atoms with Crippen molar-refractivity contribution in [2.24, 2.45) is 0 Å². The van der Waals surface area contributed by atoms with E-state index in [2.05, 4.69) is 15.9 Å². The Balaban J connectivity index is 2.26. The van der Waals surface area contributed by atoms with Crippen LogP contribution >= 0.6 is 15.9 Å². The molecule has 1 saturated heterocycles. The summed E-state index contributed by atoms with van der Waals surface area (Å²) >= 11 is 3.36. The second-order valence-electron chi connectivity index (χ2n) is 2.75. The van der Waals surface area contributed by atoms with Crippen molar-refractivity contribution in [1.29, 1.82) is 5.41 Å². The topological polar surface area (TPSA) is 36.4 Å². The molecular weight excluding hydrogens is 218 g/mol. The number of ether oxygens (including phenoxy) is 1. The average molecular weight is 226 g/mol. The van der Waals surface area contributed by atoms with Crippen LogP contribution in [0, 0.1) is 5.41 Å². The highest BCUT2D eigenvalue weighted by Crippen LogP contribution is 2.18. The Morgan fingerprint density at radius 1 is 1.58 bits per heavy atom. The van der Waals surface area contributed by atoms with Crippen LogP contribution < -0.4 is 0 Å². The van der Waals surface area contributed by atoms with Gasteiger partial charge in [0.05, 0.1) is 12.3 Å². The monoisotopic (exact) mass is 225 g/mol. The molecule has 0 radical (unpaired) electrons. The molecule has 2 nitrogen and oxygen atoms in total. The van der Waals surface area contributed by atoms with E-state index < -0.39 is 0 Å². The van der Waals surface area contributed by atoms with Gasteiger partial charge in [-0.05, 0) is 17.7 Å². The molecule has 1 aliphatic rings. The third-order valence-corrected chi connectivity index (χ3v) is 2.28. The van der Waals surface area contributed by atoms with Crippen LogP contribution in [0.1, 0.15) is 5.56 Å². The Morgan fingerprint density at radius 3 is 2.92 bits per heavy atom. The van der Waals surface area contributed by atoms with Gasteiger partial charge in [-0.2, -0.15) is 0 Å². The van der Waals surface area contributed by atoms with E-state index in [9.17, 15) is 0 Å². The van der Waals surface area contributed by atoms with Crippen molar-refractivity contribution in [1.82, 2.24) is 0 Å². The number of nitrogens with one attached hydrogen (secondary N) is 1. The van der Waals surface area contributed by atoms with Gasteiger partial charge in [-0.25, -0.2) is 0 Å². The highest BCUT2D eigenvalue weighted by molar-refractivity contribution is 9.10. The summed E-state index contributed by atoms with van der Waals surface area (Å²) in [7, 11) is 0. The van der Waals surface area contributed by atoms with Crippen LogP contribution in [0.2, 0.25) is 0 Å². The Labute approximate surface area is 79.2 Å². The quantitative estimate of drug-likeness (QED) is 0.609. The highest BCUT2D eigenvalue weighted by Gasteiger charge is 2.28. The largest absolute Gasteiger partial charge is 0.366 e. The minimum Gasteiger partial charge on any atom is -0.366 e. The number of benzene rings is 1. The molecule has 1 unspecified atom stereocenters. The summed E-state index contributed by atoms with van der Waals surface area (Å²) in [5.41, 5.74) is 1.52. The first-order valence-electron chi connectivity index (χ1n) is 3.73. The number of epoxide rings is 1. The Kier molecular flexibility index (Phi) is 1.98. The second-order valence-corrected chi connectivity index (χ2v) is 3.66. The van der Waals surface area contributed by atoms with Crippen LogP contribution in [0.25, 0.3) is 0 Å². The summed E-state index contributed by atoms with van der Waals surface area (Å²) in [6, 6.07) is 7.74. The molecule has 0 bridgehead atoms. The summed E-state index contributed by atoms with van der Waals surface area (Å²) in [5, 5.41) is 7.70. The van der Waals surface area contributed by atoms with Gasteiger partial charge in [0.2, 0.25) is 0 Å². The van der Waals surface area contributed by atoms with Crippen molar-refractivity contribution in [3.8, 4) is 0 Å². The van der Waals surface area contributed by atoms with Crippen LogP contribution in [0.3, 0.4) is 0 Å².